The number of hydrogen-bond donors (Lipinski definition) is 2. The number of nitrogens with one attached hydrogen (secondary N) is 2. The SMILES string of the molecule is CC(Cn1ccnc1)NC(=O)c1ccc2c(c1)NC(=O)CCS2. The van der Waals surface area contributed by atoms with Crippen LogP contribution in [0.25, 0.3) is 0 Å². The molecule has 2 N–H and O–H groups in total. The summed E-state index contributed by atoms with van der Waals surface area (Å²) in [6, 6.07) is 5.40. The molecule has 120 valence electrons. The Kier molecular flexibility index (Phi) is 4.66. The first-order chi connectivity index (χ1) is 11.1. The van der Waals surface area contributed by atoms with Crippen LogP contribution in [0.2, 0.25) is 0 Å². The Hall–Kier alpha value is -2.28. The van der Waals surface area contributed by atoms with Crippen molar-refractivity contribution in [1.29, 1.82) is 0 Å². The quantitative estimate of drug-likeness (QED) is 0.900. The third-order valence-electron chi connectivity index (χ3n) is 3.52. The van der Waals surface area contributed by atoms with E-state index in [-0.39, 0.29) is 17.9 Å². The van der Waals surface area contributed by atoms with E-state index >= 15 is 0 Å². The first kappa shape index (κ1) is 15.6. The van der Waals surface area contributed by atoms with Gasteiger partial charge in [0.25, 0.3) is 5.91 Å². The monoisotopic (exact) mass is 330 g/mol. The van der Waals surface area contributed by atoms with Gasteiger partial charge in [0.2, 0.25) is 5.91 Å². The Bertz CT molecular complexity index is 715. The van der Waals surface area contributed by atoms with E-state index in [1.807, 2.05) is 23.8 Å². The predicted molar refractivity (Wildman–Crippen MR) is 89.6 cm³/mol. The second-order valence-electron chi connectivity index (χ2n) is 5.49. The van der Waals surface area contributed by atoms with Gasteiger partial charge in [-0.1, -0.05) is 0 Å². The summed E-state index contributed by atoms with van der Waals surface area (Å²) in [7, 11) is 0. The zero-order valence-electron chi connectivity index (χ0n) is 12.8. The molecule has 0 aliphatic carbocycles. The van der Waals surface area contributed by atoms with Gasteiger partial charge in [-0.25, -0.2) is 4.98 Å². The molecule has 1 atom stereocenters. The minimum Gasteiger partial charge on any atom is -0.348 e. The molecule has 1 aromatic heterocycles. The average Bonchev–Trinajstić information content (AvgIpc) is 2.93. The van der Waals surface area contributed by atoms with Gasteiger partial charge in [0.05, 0.1) is 12.0 Å². The fraction of sp³-hybridized carbons (Fsp3) is 0.312. The maximum Gasteiger partial charge on any atom is 0.251 e. The number of aromatic nitrogens is 2. The lowest BCUT2D eigenvalue weighted by atomic mass is 10.1. The summed E-state index contributed by atoms with van der Waals surface area (Å²) in [6.07, 6.45) is 5.78. The number of imidazole rings is 1. The maximum absolute atomic E-state index is 12.4. The summed E-state index contributed by atoms with van der Waals surface area (Å²) in [5.74, 6) is 0.595. The van der Waals surface area contributed by atoms with E-state index in [1.54, 1.807) is 36.4 Å². The van der Waals surface area contributed by atoms with Crippen molar-refractivity contribution in [3.63, 3.8) is 0 Å². The Morgan fingerprint density at radius 1 is 1.52 bits per heavy atom. The summed E-state index contributed by atoms with van der Waals surface area (Å²) in [6.45, 7) is 2.60. The molecular weight excluding hydrogens is 312 g/mol. The van der Waals surface area contributed by atoms with E-state index in [0.717, 1.165) is 10.6 Å². The van der Waals surface area contributed by atoms with Crippen molar-refractivity contribution < 1.29 is 9.59 Å². The predicted octanol–water partition coefficient (Wildman–Crippen LogP) is 2.14. The van der Waals surface area contributed by atoms with Gasteiger partial charge < -0.3 is 15.2 Å². The molecule has 0 radical (unpaired) electrons. The Morgan fingerprint density at radius 2 is 2.39 bits per heavy atom. The van der Waals surface area contributed by atoms with Crippen molar-refractivity contribution in [2.24, 2.45) is 0 Å². The molecule has 0 fully saturated rings. The minimum atomic E-state index is -0.149. The van der Waals surface area contributed by atoms with Crippen LogP contribution in [0.15, 0.2) is 41.8 Å². The van der Waals surface area contributed by atoms with E-state index < -0.39 is 0 Å². The van der Waals surface area contributed by atoms with Crippen molar-refractivity contribution in [1.82, 2.24) is 14.9 Å². The first-order valence-corrected chi connectivity index (χ1v) is 8.43. The van der Waals surface area contributed by atoms with Gasteiger partial charge in [-0.3, -0.25) is 9.59 Å². The number of nitrogens with zero attached hydrogens (tertiary/aromatic N) is 2. The molecule has 1 unspecified atom stereocenters. The Morgan fingerprint density at radius 3 is 3.17 bits per heavy atom. The molecule has 23 heavy (non-hydrogen) atoms. The zero-order valence-corrected chi connectivity index (χ0v) is 13.6. The number of hydrogen-bond acceptors (Lipinski definition) is 4. The summed E-state index contributed by atoms with van der Waals surface area (Å²) >= 11 is 1.63. The summed E-state index contributed by atoms with van der Waals surface area (Å²) < 4.78 is 1.92. The molecule has 7 heteroatoms. The Labute approximate surface area is 138 Å². The van der Waals surface area contributed by atoms with E-state index in [2.05, 4.69) is 15.6 Å². The number of amides is 2. The highest BCUT2D eigenvalue weighted by molar-refractivity contribution is 7.99. The molecule has 0 bridgehead atoms. The van der Waals surface area contributed by atoms with Gasteiger partial charge >= 0.3 is 0 Å². The average molecular weight is 330 g/mol. The Balaban J connectivity index is 1.68. The van der Waals surface area contributed by atoms with Crippen LogP contribution < -0.4 is 10.6 Å². The summed E-state index contributed by atoms with van der Waals surface area (Å²) in [5, 5.41) is 5.82. The molecule has 2 amide bonds. The molecule has 2 aromatic rings. The fourth-order valence-electron chi connectivity index (χ4n) is 2.42. The summed E-state index contributed by atoms with van der Waals surface area (Å²) in [5.41, 5.74) is 1.26. The fourth-order valence-corrected chi connectivity index (χ4v) is 3.36. The molecule has 0 saturated heterocycles. The van der Waals surface area contributed by atoms with Crippen molar-refractivity contribution in [2.45, 2.75) is 30.8 Å². The highest BCUT2D eigenvalue weighted by atomic mass is 32.2. The second kappa shape index (κ2) is 6.87. The van der Waals surface area contributed by atoms with Crippen LogP contribution in [0, 0.1) is 0 Å². The van der Waals surface area contributed by atoms with E-state index in [9.17, 15) is 9.59 Å². The van der Waals surface area contributed by atoms with E-state index in [0.29, 0.717) is 24.2 Å². The van der Waals surface area contributed by atoms with Crippen molar-refractivity contribution in [3.05, 3.63) is 42.5 Å². The van der Waals surface area contributed by atoms with Crippen molar-refractivity contribution in [3.8, 4) is 0 Å². The second-order valence-corrected chi connectivity index (χ2v) is 6.63. The number of fused-ring (bicyclic) bond motifs is 1. The number of rotatable bonds is 4. The van der Waals surface area contributed by atoms with Crippen LogP contribution in [0.4, 0.5) is 5.69 Å². The van der Waals surface area contributed by atoms with Crippen LogP contribution in [0.3, 0.4) is 0 Å². The zero-order chi connectivity index (χ0) is 16.2. The van der Waals surface area contributed by atoms with Gasteiger partial charge in [-0.2, -0.15) is 0 Å². The lowest BCUT2D eigenvalue weighted by Gasteiger charge is -2.15. The van der Waals surface area contributed by atoms with Gasteiger partial charge in [0, 0.05) is 47.6 Å². The largest absolute Gasteiger partial charge is 0.348 e. The first-order valence-electron chi connectivity index (χ1n) is 7.45. The highest BCUT2D eigenvalue weighted by Gasteiger charge is 2.16. The number of carbonyl (C=O) groups excluding carboxylic acids is 2. The standard InChI is InChI=1S/C16H18N4O2S/c1-11(9-20-6-5-17-10-20)18-16(22)12-2-3-14-13(8-12)19-15(21)4-7-23-14/h2-3,5-6,8,10-11H,4,7,9H2,1H3,(H,18,22)(H,19,21). The molecule has 1 aromatic carbocycles. The summed E-state index contributed by atoms with van der Waals surface area (Å²) in [4.78, 5) is 29.0. The minimum absolute atomic E-state index is 0.0118. The third-order valence-corrected chi connectivity index (χ3v) is 4.60. The van der Waals surface area contributed by atoms with Crippen molar-refractivity contribution >= 4 is 29.3 Å². The number of carbonyl (C=O) groups is 2. The third kappa shape index (κ3) is 3.92. The molecule has 1 aliphatic rings. The van der Waals surface area contributed by atoms with Crippen LogP contribution >= 0.6 is 11.8 Å². The highest BCUT2D eigenvalue weighted by Crippen LogP contribution is 2.31. The topological polar surface area (TPSA) is 76.0 Å². The normalized spacial score (nSPS) is 15.3. The number of benzene rings is 1. The van der Waals surface area contributed by atoms with Gasteiger partial charge in [-0.05, 0) is 25.1 Å². The number of thioether (sulfide) groups is 1. The van der Waals surface area contributed by atoms with E-state index in [1.165, 1.54) is 0 Å². The molecular formula is C16H18N4O2S. The van der Waals surface area contributed by atoms with Crippen LogP contribution in [0.1, 0.15) is 23.7 Å². The molecule has 0 saturated carbocycles. The van der Waals surface area contributed by atoms with Crippen molar-refractivity contribution in [2.75, 3.05) is 11.1 Å². The van der Waals surface area contributed by atoms with Gasteiger partial charge in [-0.15, -0.1) is 11.8 Å². The molecule has 1 aliphatic heterocycles. The maximum atomic E-state index is 12.4. The smallest absolute Gasteiger partial charge is 0.251 e. The molecule has 6 nitrogen and oxygen atoms in total. The van der Waals surface area contributed by atoms with Crippen LogP contribution in [0.5, 0.6) is 0 Å². The molecule has 0 spiro atoms. The molecule has 3 rings (SSSR count). The lowest BCUT2D eigenvalue weighted by Crippen LogP contribution is -2.35. The molecule has 2 heterocycles. The van der Waals surface area contributed by atoms with Gasteiger partial charge in [0.15, 0.2) is 0 Å². The van der Waals surface area contributed by atoms with E-state index in [4.69, 9.17) is 0 Å². The van der Waals surface area contributed by atoms with Crippen LogP contribution in [-0.2, 0) is 11.3 Å². The lowest BCUT2D eigenvalue weighted by molar-refractivity contribution is -0.115. The van der Waals surface area contributed by atoms with Gasteiger partial charge in [0.1, 0.15) is 0 Å². The number of anilines is 1. The van der Waals surface area contributed by atoms with Crippen LogP contribution in [-0.4, -0.2) is 33.2 Å².